The molecule has 2 N–H and O–H groups in total. The highest BCUT2D eigenvalue weighted by Gasteiger charge is 2.19. The van der Waals surface area contributed by atoms with Crippen LogP contribution in [-0.4, -0.2) is 37.4 Å². The normalized spacial score (nSPS) is 11.8. The number of hydrogen-bond acceptors (Lipinski definition) is 4. The third-order valence-corrected chi connectivity index (χ3v) is 3.55. The Kier molecular flexibility index (Phi) is 6.57. The van der Waals surface area contributed by atoms with Crippen LogP contribution in [0.2, 0.25) is 0 Å². The van der Waals surface area contributed by atoms with E-state index in [2.05, 4.69) is 17.2 Å². The molecule has 0 aliphatic carbocycles. The van der Waals surface area contributed by atoms with E-state index in [1.807, 2.05) is 19.2 Å². The molecule has 0 spiro atoms. The van der Waals surface area contributed by atoms with Crippen LogP contribution in [0.5, 0.6) is 0 Å². The van der Waals surface area contributed by atoms with Crippen LogP contribution in [0.15, 0.2) is 11.4 Å². The van der Waals surface area contributed by atoms with E-state index in [0.29, 0.717) is 17.0 Å². The van der Waals surface area contributed by atoms with E-state index in [1.165, 1.54) is 11.3 Å². The summed E-state index contributed by atoms with van der Waals surface area (Å²) in [6.45, 7) is 4.33. The van der Waals surface area contributed by atoms with E-state index in [-0.39, 0.29) is 24.5 Å². The number of hydrogen-bond donors (Lipinski definition) is 2. The van der Waals surface area contributed by atoms with Gasteiger partial charge in [-0.15, -0.1) is 11.3 Å². The predicted molar refractivity (Wildman–Crippen MR) is 76.3 cm³/mol. The lowest BCUT2D eigenvalue weighted by Gasteiger charge is -2.21. The number of thiophene rings is 1. The first kappa shape index (κ1) is 15.7. The highest BCUT2D eigenvalue weighted by molar-refractivity contribution is 7.12. The number of methoxy groups -OCH3 is 1. The Morgan fingerprint density at radius 2 is 2.32 bits per heavy atom. The van der Waals surface area contributed by atoms with Crippen molar-refractivity contribution in [2.24, 2.45) is 5.92 Å². The number of aliphatic hydroxyl groups excluding tert-OH is 1. The third kappa shape index (κ3) is 4.67. The van der Waals surface area contributed by atoms with Gasteiger partial charge in [0, 0.05) is 12.7 Å². The quantitative estimate of drug-likeness (QED) is 0.804. The summed E-state index contributed by atoms with van der Waals surface area (Å²) in [5, 5.41) is 13.5. The molecule has 1 heterocycles. The molecule has 1 atom stereocenters. The van der Waals surface area contributed by atoms with E-state index < -0.39 is 0 Å². The first-order valence-corrected chi connectivity index (χ1v) is 6.95. The number of carbonyl (C=O) groups excluding carboxylic acids is 1. The Hall–Kier alpha value is -1.35. The summed E-state index contributed by atoms with van der Waals surface area (Å²) in [5.74, 6) is 5.47. The lowest BCUT2D eigenvalue weighted by Crippen LogP contribution is -2.41. The summed E-state index contributed by atoms with van der Waals surface area (Å²) in [6, 6.07) is 1.75. The molecule has 1 aromatic heterocycles. The molecule has 0 radical (unpaired) electrons. The molecular weight excluding hydrogens is 262 g/mol. The Morgan fingerprint density at radius 1 is 1.58 bits per heavy atom. The Morgan fingerprint density at radius 3 is 2.89 bits per heavy atom. The number of carbonyl (C=O) groups is 1. The van der Waals surface area contributed by atoms with Crippen LogP contribution < -0.4 is 5.32 Å². The first-order chi connectivity index (χ1) is 9.10. The number of aliphatic hydroxyl groups is 1. The fraction of sp³-hybridized carbons (Fsp3) is 0.500. The van der Waals surface area contributed by atoms with Gasteiger partial charge in [0.15, 0.2) is 0 Å². The van der Waals surface area contributed by atoms with Gasteiger partial charge in [0.2, 0.25) is 0 Å². The van der Waals surface area contributed by atoms with Gasteiger partial charge in [-0.25, -0.2) is 0 Å². The second-order valence-electron chi connectivity index (χ2n) is 4.40. The molecule has 0 bridgehead atoms. The molecular formula is C14H19NO3S. The average molecular weight is 281 g/mol. The van der Waals surface area contributed by atoms with E-state index in [4.69, 9.17) is 9.84 Å². The summed E-state index contributed by atoms with van der Waals surface area (Å²) < 4.78 is 5.11. The lowest BCUT2D eigenvalue weighted by molar-refractivity contribution is 0.0870. The van der Waals surface area contributed by atoms with Gasteiger partial charge in [0.05, 0.1) is 12.6 Å². The van der Waals surface area contributed by atoms with E-state index in [0.717, 1.165) is 0 Å². The van der Waals surface area contributed by atoms with Gasteiger partial charge in [-0.1, -0.05) is 25.7 Å². The third-order valence-electron chi connectivity index (χ3n) is 2.64. The maximum absolute atomic E-state index is 12.2. The van der Waals surface area contributed by atoms with Crippen LogP contribution in [0.1, 0.15) is 29.1 Å². The minimum absolute atomic E-state index is 0.0294. The van der Waals surface area contributed by atoms with Gasteiger partial charge >= 0.3 is 0 Å². The number of nitrogens with one attached hydrogen (secondary N) is 1. The van der Waals surface area contributed by atoms with Crippen molar-refractivity contribution in [1.82, 2.24) is 5.32 Å². The van der Waals surface area contributed by atoms with Gasteiger partial charge < -0.3 is 15.2 Å². The molecule has 0 saturated heterocycles. The van der Waals surface area contributed by atoms with Crippen LogP contribution >= 0.6 is 11.3 Å². The van der Waals surface area contributed by atoms with Crippen LogP contribution in [0.3, 0.4) is 0 Å². The average Bonchev–Trinajstić information content (AvgIpc) is 2.83. The zero-order valence-corrected chi connectivity index (χ0v) is 12.2. The van der Waals surface area contributed by atoms with Crippen molar-refractivity contribution in [2.45, 2.75) is 19.9 Å². The Balaban J connectivity index is 2.80. The summed E-state index contributed by atoms with van der Waals surface area (Å²) in [4.78, 5) is 12.8. The summed E-state index contributed by atoms with van der Waals surface area (Å²) >= 11 is 1.34. The molecule has 0 aliphatic heterocycles. The molecule has 5 heteroatoms. The highest BCUT2D eigenvalue weighted by Crippen LogP contribution is 2.16. The second-order valence-corrected chi connectivity index (χ2v) is 5.32. The second kappa shape index (κ2) is 7.95. The van der Waals surface area contributed by atoms with Gasteiger partial charge in [-0.3, -0.25) is 4.79 Å². The maximum atomic E-state index is 12.2. The predicted octanol–water partition coefficient (Wildman–Crippen LogP) is 1.49. The van der Waals surface area contributed by atoms with Crippen molar-refractivity contribution < 1.29 is 14.6 Å². The topological polar surface area (TPSA) is 58.6 Å². The minimum atomic E-state index is -0.213. The Labute approximate surface area is 117 Å². The van der Waals surface area contributed by atoms with Gasteiger partial charge in [-0.2, -0.15) is 0 Å². The van der Waals surface area contributed by atoms with Crippen molar-refractivity contribution in [3.8, 4) is 11.8 Å². The molecule has 0 aliphatic rings. The molecule has 1 aromatic rings. The largest absolute Gasteiger partial charge is 0.384 e. The molecule has 1 unspecified atom stereocenters. The van der Waals surface area contributed by atoms with Crippen LogP contribution in [0.25, 0.3) is 0 Å². The molecule has 19 heavy (non-hydrogen) atoms. The van der Waals surface area contributed by atoms with Gasteiger partial charge in [0.1, 0.15) is 11.5 Å². The number of amides is 1. The van der Waals surface area contributed by atoms with Crippen molar-refractivity contribution in [1.29, 1.82) is 0 Å². The van der Waals surface area contributed by atoms with Crippen LogP contribution in [0, 0.1) is 17.8 Å². The van der Waals surface area contributed by atoms with Crippen LogP contribution in [0.4, 0.5) is 0 Å². The lowest BCUT2D eigenvalue weighted by atomic mass is 10.1. The summed E-state index contributed by atoms with van der Waals surface area (Å²) in [5.41, 5.74) is 0.650. The van der Waals surface area contributed by atoms with E-state index >= 15 is 0 Å². The SMILES string of the molecule is COCC(NC(=O)c1sccc1C#CCO)C(C)C. The molecule has 4 nitrogen and oxygen atoms in total. The standard InChI is InChI=1S/C14H19NO3S/c1-10(2)12(9-18-3)15-14(17)13-11(5-4-7-16)6-8-19-13/h6,8,10,12,16H,7,9H2,1-3H3,(H,15,17). The van der Waals surface area contributed by atoms with E-state index in [1.54, 1.807) is 13.2 Å². The molecule has 0 fully saturated rings. The van der Waals surface area contributed by atoms with Gasteiger partial charge in [-0.05, 0) is 17.4 Å². The Bertz CT molecular complexity index is 471. The zero-order chi connectivity index (χ0) is 14.3. The van der Waals surface area contributed by atoms with Gasteiger partial charge in [0.25, 0.3) is 5.91 Å². The zero-order valence-electron chi connectivity index (χ0n) is 11.4. The molecule has 0 aromatic carbocycles. The highest BCUT2D eigenvalue weighted by atomic mass is 32.1. The first-order valence-electron chi connectivity index (χ1n) is 6.07. The molecule has 0 saturated carbocycles. The van der Waals surface area contributed by atoms with Crippen molar-refractivity contribution >= 4 is 17.2 Å². The fourth-order valence-electron chi connectivity index (χ4n) is 1.53. The van der Waals surface area contributed by atoms with Crippen molar-refractivity contribution in [3.05, 3.63) is 21.9 Å². The summed E-state index contributed by atoms with van der Waals surface area (Å²) in [6.07, 6.45) is 0. The fourth-order valence-corrected chi connectivity index (χ4v) is 2.28. The van der Waals surface area contributed by atoms with E-state index in [9.17, 15) is 4.79 Å². The maximum Gasteiger partial charge on any atom is 0.262 e. The molecule has 1 rings (SSSR count). The number of ether oxygens (including phenoxy) is 1. The monoisotopic (exact) mass is 281 g/mol. The molecule has 104 valence electrons. The summed E-state index contributed by atoms with van der Waals surface area (Å²) in [7, 11) is 1.62. The van der Waals surface area contributed by atoms with Crippen molar-refractivity contribution in [3.63, 3.8) is 0 Å². The smallest absolute Gasteiger partial charge is 0.262 e. The molecule has 1 amide bonds. The number of rotatable bonds is 5. The van der Waals surface area contributed by atoms with Crippen LogP contribution in [-0.2, 0) is 4.74 Å². The minimum Gasteiger partial charge on any atom is -0.384 e. The van der Waals surface area contributed by atoms with Crippen molar-refractivity contribution in [2.75, 3.05) is 20.3 Å².